The largest absolute Gasteiger partial charge is 0.366 e. The first-order valence-electron chi connectivity index (χ1n) is 13.1. The number of piperazine rings is 1. The van der Waals surface area contributed by atoms with E-state index in [4.69, 9.17) is 0 Å². The minimum Gasteiger partial charge on any atom is -0.366 e. The molecule has 0 saturated carbocycles. The molecule has 2 aromatic carbocycles. The molecule has 0 N–H and O–H groups in total. The normalized spacial score (nSPS) is 20.5. The molecule has 0 radical (unpaired) electrons. The van der Waals surface area contributed by atoms with Gasteiger partial charge in [0.1, 0.15) is 10.7 Å². The van der Waals surface area contributed by atoms with E-state index in [0.29, 0.717) is 80.8 Å². The zero-order valence-corrected chi connectivity index (χ0v) is 23.8. The molecule has 38 heavy (non-hydrogen) atoms. The highest BCUT2D eigenvalue weighted by Gasteiger charge is 2.39. The van der Waals surface area contributed by atoms with Gasteiger partial charge in [-0.2, -0.15) is 4.31 Å². The number of fused-ring (bicyclic) bond motifs is 1. The summed E-state index contributed by atoms with van der Waals surface area (Å²) in [5.41, 5.74) is 1.83. The molecular weight excluding hydrogens is 575 g/mol. The third-order valence-corrected chi connectivity index (χ3v) is 10.1. The van der Waals surface area contributed by atoms with Crippen LogP contribution in [0.1, 0.15) is 31.7 Å². The minimum absolute atomic E-state index is 0.0552. The van der Waals surface area contributed by atoms with Crippen molar-refractivity contribution in [3.05, 3.63) is 52.3 Å². The predicted molar refractivity (Wildman–Crippen MR) is 147 cm³/mol. The fourth-order valence-corrected chi connectivity index (χ4v) is 8.18. The maximum absolute atomic E-state index is 14.2. The number of anilines is 2. The molecular formula is C27H32BrFN4O4S. The number of carbonyl (C=O) groups excluding carboxylic acids is 2. The van der Waals surface area contributed by atoms with E-state index in [1.165, 1.54) is 10.4 Å². The number of benzene rings is 2. The number of carbonyl (C=O) groups is 2. The highest BCUT2D eigenvalue weighted by molar-refractivity contribution is 9.10. The van der Waals surface area contributed by atoms with Gasteiger partial charge in [0.05, 0.1) is 17.3 Å². The van der Waals surface area contributed by atoms with Crippen LogP contribution >= 0.6 is 15.9 Å². The first-order valence-corrected chi connectivity index (χ1v) is 15.3. The van der Waals surface area contributed by atoms with E-state index in [0.717, 1.165) is 5.56 Å². The van der Waals surface area contributed by atoms with E-state index in [1.54, 1.807) is 41.0 Å². The van der Waals surface area contributed by atoms with Crippen molar-refractivity contribution in [2.75, 3.05) is 55.6 Å². The number of para-hydroxylation sites is 1. The van der Waals surface area contributed by atoms with E-state index in [9.17, 15) is 22.4 Å². The lowest BCUT2D eigenvalue weighted by molar-refractivity contribution is -0.137. The lowest BCUT2D eigenvalue weighted by Crippen LogP contribution is -2.53. The second-order valence-corrected chi connectivity index (χ2v) is 12.8. The summed E-state index contributed by atoms with van der Waals surface area (Å²) in [4.78, 5) is 31.5. The molecule has 0 aromatic heterocycles. The number of halogens is 2. The van der Waals surface area contributed by atoms with Crippen molar-refractivity contribution in [1.82, 2.24) is 9.21 Å². The fraction of sp³-hybridized carbons (Fsp3) is 0.481. The average molecular weight is 608 g/mol. The van der Waals surface area contributed by atoms with Crippen molar-refractivity contribution in [1.29, 1.82) is 0 Å². The average Bonchev–Trinajstić information content (AvgIpc) is 3.36. The molecule has 204 valence electrons. The molecule has 3 aliphatic rings. The SMILES string of the molecule is CCC(=O)N1CCc2cc(Br)cc(S(=O)(=O)N3CCC[C@@H](C(=O)N4CCN(c5ccccc5F)CC4)C3)c21. The van der Waals surface area contributed by atoms with E-state index < -0.39 is 15.9 Å². The molecule has 3 heterocycles. The first kappa shape index (κ1) is 27.1. The maximum atomic E-state index is 14.2. The van der Waals surface area contributed by atoms with Crippen molar-refractivity contribution in [2.45, 2.75) is 37.5 Å². The monoisotopic (exact) mass is 606 g/mol. The quantitative estimate of drug-likeness (QED) is 0.519. The van der Waals surface area contributed by atoms with Gasteiger partial charge >= 0.3 is 0 Å². The van der Waals surface area contributed by atoms with Gasteiger partial charge in [-0.15, -0.1) is 0 Å². The summed E-state index contributed by atoms with van der Waals surface area (Å²) in [5, 5.41) is 0. The molecule has 2 saturated heterocycles. The van der Waals surface area contributed by atoms with Crippen LogP contribution in [-0.4, -0.2) is 75.3 Å². The van der Waals surface area contributed by atoms with Crippen LogP contribution in [0.4, 0.5) is 15.8 Å². The third-order valence-electron chi connectivity index (χ3n) is 7.73. The van der Waals surface area contributed by atoms with Gasteiger partial charge in [-0.3, -0.25) is 9.59 Å². The molecule has 1 atom stereocenters. The Hall–Kier alpha value is -2.50. The molecule has 3 aliphatic heterocycles. The number of hydrogen-bond donors (Lipinski definition) is 0. The highest BCUT2D eigenvalue weighted by Crippen LogP contribution is 2.40. The van der Waals surface area contributed by atoms with Crippen LogP contribution in [0.25, 0.3) is 0 Å². The van der Waals surface area contributed by atoms with Crippen LogP contribution in [0, 0.1) is 11.7 Å². The topological polar surface area (TPSA) is 81.2 Å². The van der Waals surface area contributed by atoms with E-state index in [-0.39, 0.29) is 29.1 Å². The smallest absolute Gasteiger partial charge is 0.245 e. The van der Waals surface area contributed by atoms with Gasteiger partial charge in [-0.25, -0.2) is 12.8 Å². The Bertz CT molecular complexity index is 1350. The van der Waals surface area contributed by atoms with Crippen molar-refractivity contribution < 1.29 is 22.4 Å². The summed E-state index contributed by atoms with van der Waals surface area (Å²) in [5.74, 6) is -0.880. The number of nitrogens with zero attached hydrogens (tertiary/aromatic N) is 4. The third kappa shape index (κ3) is 5.08. The predicted octanol–water partition coefficient (Wildman–Crippen LogP) is 3.64. The van der Waals surface area contributed by atoms with Crippen molar-refractivity contribution >= 4 is 49.1 Å². The molecule has 5 rings (SSSR count). The summed E-state index contributed by atoms with van der Waals surface area (Å²) < 4.78 is 44.1. The molecule has 2 amide bonds. The summed E-state index contributed by atoms with van der Waals surface area (Å²) in [6, 6.07) is 10.1. The maximum Gasteiger partial charge on any atom is 0.245 e. The van der Waals surface area contributed by atoms with Crippen LogP contribution in [0.5, 0.6) is 0 Å². The first-order chi connectivity index (χ1) is 18.2. The van der Waals surface area contributed by atoms with Crippen molar-refractivity contribution in [3.63, 3.8) is 0 Å². The molecule has 2 fully saturated rings. The van der Waals surface area contributed by atoms with Crippen LogP contribution in [-0.2, 0) is 26.0 Å². The number of piperidine rings is 1. The molecule has 0 spiro atoms. The van der Waals surface area contributed by atoms with Gasteiger partial charge in [0.25, 0.3) is 0 Å². The Morgan fingerprint density at radius 2 is 1.79 bits per heavy atom. The van der Waals surface area contributed by atoms with Crippen LogP contribution in [0.15, 0.2) is 45.8 Å². The summed E-state index contributed by atoms with van der Waals surface area (Å²) in [7, 11) is -3.94. The number of amides is 2. The highest BCUT2D eigenvalue weighted by atomic mass is 79.9. The zero-order chi connectivity index (χ0) is 27.0. The van der Waals surface area contributed by atoms with Gasteiger partial charge < -0.3 is 14.7 Å². The Kier molecular flexibility index (Phi) is 7.79. The van der Waals surface area contributed by atoms with Gasteiger partial charge in [0.15, 0.2) is 0 Å². The van der Waals surface area contributed by atoms with Gasteiger partial charge in [0, 0.05) is 56.7 Å². The molecule has 0 bridgehead atoms. The van der Waals surface area contributed by atoms with Gasteiger partial charge in [-0.05, 0) is 49.1 Å². The van der Waals surface area contributed by atoms with Crippen LogP contribution < -0.4 is 9.80 Å². The number of sulfonamides is 1. The Morgan fingerprint density at radius 3 is 2.50 bits per heavy atom. The van der Waals surface area contributed by atoms with E-state index >= 15 is 0 Å². The van der Waals surface area contributed by atoms with E-state index in [1.807, 2.05) is 11.0 Å². The van der Waals surface area contributed by atoms with Gasteiger partial charge in [-0.1, -0.05) is 35.0 Å². The molecule has 11 heteroatoms. The Labute approximate surface area is 231 Å². The second kappa shape index (κ2) is 10.9. The fourth-order valence-electron chi connectivity index (χ4n) is 5.74. The zero-order valence-electron chi connectivity index (χ0n) is 21.4. The molecule has 2 aromatic rings. The number of hydrogen-bond acceptors (Lipinski definition) is 5. The second-order valence-electron chi connectivity index (χ2n) is 10.0. The lowest BCUT2D eigenvalue weighted by Gasteiger charge is -2.39. The molecule has 0 aliphatic carbocycles. The van der Waals surface area contributed by atoms with Crippen molar-refractivity contribution in [3.8, 4) is 0 Å². The van der Waals surface area contributed by atoms with Crippen molar-refractivity contribution in [2.24, 2.45) is 5.92 Å². The van der Waals surface area contributed by atoms with Crippen LogP contribution in [0.2, 0.25) is 0 Å². The minimum atomic E-state index is -3.94. The summed E-state index contributed by atoms with van der Waals surface area (Å²) in [6.45, 7) is 4.63. The standard InChI is InChI=1S/C27H32BrFN4O4S/c1-2-25(34)33-11-9-19-16-21(28)17-24(26(19)33)38(36,37)32-10-5-6-20(18-32)27(35)31-14-12-30(13-15-31)23-8-4-3-7-22(23)29/h3-4,7-8,16-17,20H,2,5-6,9-15,18H2,1H3/t20-/m1/s1. The van der Waals surface area contributed by atoms with Gasteiger partial charge in [0.2, 0.25) is 21.8 Å². The summed E-state index contributed by atoms with van der Waals surface area (Å²) in [6.07, 6.45) is 2.09. The molecule has 8 nitrogen and oxygen atoms in total. The lowest BCUT2D eigenvalue weighted by atomic mass is 9.97. The number of rotatable bonds is 5. The summed E-state index contributed by atoms with van der Waals surface area (Å²) >= 11 is 3.44. The Morgan fingerprint density at radius 1 is 1.05 bits per heavy atom. The molecule has 0 unspecified atom stereocenters. The Balaban J connectivity index is 1.31. The van der Waals surface area contributed by atoms with Crippen LogP contribution in [0.3, 0.4) is 0 Å². The van der Waals surface area contributed by atoms with E-state index in [2.05, 4.69) is 15.9 Å².